The Labute approximate surface area is 185 Å². The van der Waals surface area contributed by atoms with Crippen LogP contribution in [-0.2, 0) is 4.74 Å². The molecular weight excluding hydrogens is 413 g/mol. The molecule has 3 heterocycles. The molecular formula is C24H26FN3O4. The van der Waals surface area contributed by atoms with Crippen LogP contribution in [0.2, 0.25) is 0 Å². The summed E-state index contributed by atoms with van der Waals surface area (Å²) in [6.07, 6.45) is 2.14. The first-order valence-electron chi connectivity index (χ1n) is 11.0. The molecule has 0 bridgehead atoms. The normalized spacial score (nSPS) is 21.4. The number of nitrogens with zero attached hydrogens (tertiary/aromatic N) is 3. The highest BCUT2D eigenvalue weighted by molar-refractivity contribution is 5.90. The van der Waals surface area contributed by atoms with Gasteiger partial charge in [0.2, 0.25) is 0 Å². The summed E-state index contributed by atoms with van der Waals surface area (Å²) in [5, 5.41) is 4.95. The van der Waals surface area contributed by atoms with E-state index in [2.05, 4.69) is 15.0 Å². The molecule has 2 atom stereocenters. The number of ether oxygens (including phenoxy) is 2. The molecule has 2 saturated heterocycles. The summed E-state index contributed by atoms with van der Waals surface area (Å²) in [6, 6.07) is 12.1. The van der Waals surface area contributed by atoms with E-state index in [0.717, 1.165) is 50.2 Å². The Morgan fingerprint density at radius 2 is 2.09 bits per heavy atom. The van der Waals surface area contributed by atoms with Crippen molar-refractivity contribution < 1.29 is 23.2 Å². The average molecular weight is 439 g/mol. The number of carbonyl (C=O) groups excluding carboxylic acids is 1. The number of halogens is 1. The van der Waals surface area contributed by atoms with E-state index < -0.39 is 0 Å². The summed E-state index contributed by atoms with van der Waals surface area (Å²) in [5.74, 6) is 1.20. The summed E-state index contributed by atoms with van der Waals surface area (Å²) >= 11 is 0. The lowest BCUT2D eigenvalue weighted by Crippen LogP contribution is -2.57. The van der Waals surface area contributed by atoms with Crippen molar-refractivity contribution in [2.75, 3.05) is 44.8 Å². The Balaban J connectivity index is 1.18. The number of hydrogen-bond acceptors (Lipinski definition) is 7. The number of benzene rings is 2. The maximum Gasteiger partial charge on any atom is 0.337 e. The zero-order valence-corrected chi connectivity index (χ0v) is 18.0. The molecule has 0 unspecified atom stereocenters. The van der Waals surface area contributed by atoms with Gasteiger partial charge in [-0.25, -0.2) is 9.18 Å². The van der Waals surface area contributed by atoms with Crippen LogP contribution in [0.5, 0.6) is 5.75 Å². The molecule has 32 heavy (non-hydrogen) atoms. The minimum Gasteiger partial charge on any atom is -0.493 e. The predicted molar refractivity (Wildman–Crippen MR) is 118 cm³/mol. The van der Waals surface area contributed by atoms with Crippen LogP contribution in [-0.4, -0.2) is 62.0 Å². The Kier molecular flexibility index (Phi) is 5.70. The quantitative estimate of drug-likeness (QED) is 0.561. The second-order valence-corrected chi connectivity index (χ2v) is 8.52. The summed E-state index contributed by atoms with van der Waals surface area (Å²) < 4.78 is 29.9. The predicted octanol–water partition coefficient (Wildman–Crippen LogP) is 3.73. The summed E-state index contributed by atoms with van der Waals surface area (Å²) in [6.45, 7) is 4.19. The maximum absolute atomic E-state index is 13.7. The van der Waals surface area contributed by atoms with E-state index in [4.69, 9.17) is 14.0 Å². The fourth-order valence-electron chi connectivity index (χ4n) is 4.76. The van der Waals surface area contributed by atoms with Crippen LogP contribution in [0.1, 0.15) is 23.2 Å². The summed E-state index contributed by atoms with van der Waals surface area (Å²) in [5.41, 5.74) is 1.10. The van der Waals surface area contributed by atoms with Crippen LogP contribution in [0.25, 0.3) is 11.0 Å². The molecule has 2 aliphatic rings. The van der Waals surface area contributed by atoms with Crippen LogP contribution >= 0.6 is 0 Å². The molecule has 168 valence electrons. The van der Waals surface area contributed by atoms with Gasteiger partial charge in [-0.05, 0) is 49.2 Å². The number of piperidine rings is 1. The van der Waals surface area contributed by atoms with Gasteiger partial charge in [-0.15, -0.1) is 0 Å². The molecule has 0 aliphatic carbocycles. The van der Waals surface area contributed by atoms with Gasteiger partial charge in [0.1, 0.15) is 11.6 Å². The fourth-order valence-corrected chi connectivity index (χ4v) is 4.76. The molecule has 0 amide bonds. The Bertz CT molecular complexity index is 1120. The van der Waals surface area contributed by atoms with E-state index in [-0.39, 0.29) is 11.8 Å². The van der Waals surface area contributed by atoms with Gasteiger partial charge in [0.15, 0.2) is 11.4 Å². The maximum atomic E-state index is 13.7. The van der Waals surface area contributed by atoms with Gasteiger partial charge in [0, 0.05) is 38.1 Å². The molecule has 0 N–H and O–H groups in total. The molecule has 8 heteroatoms. The van der Waals surface area contributed by atoms with Crippen molar-refractivity contribution >= 4 is 22.8 Å². The first-order chi connectivity index (χ1) is 15.6. The number of rotatable bonds is 5. The van der Waals surface area contributed by atoms with Gasteiger partial charge in [0.25, 0.3) is 0 Å². The van der Waals surface area contributed by atoms with Crippen molar-refractivity contribution in [3.05, 3.63) is 53.8 Å². The molecule has 2 aliphatic heterocycles. The van der Waals surface area contributed by atoms with E-state index in [1.807, 2.05) is 6.07 Å². The lowest BCUT2D eigenvalue weighted by Gasteiger charge is -2.46. The Morgan fingerprint density at radius 3 is 2.97 bits per heavy atom. The number of hydrogen-bond donors (Lipinski definition) is 0. The van der Waals surface area contributed by atoms with Gasteiger partial charge in [-0.3, -0.25) is 4.90 Å². The van der Waals surface area contributed by atoms with Crippen molar-refractivity contribution in [2.24, 2.45) is 5.92 Å². The highest BCUT2D eigenvalue weighted by atomic mass is 19.1. The third-order valence-corrected chi connectivity index (χ3v) is 6.46. The smallest absolute Gasteiger partial charge is 0.337 e. The van der Waals surface area contributed by atoms with Crippen molar-refractivity contribution in [3.8, 4) is 5.75 Å². The van der Waals surface area contributed by atoms with Crippen molar-refractivity contribution in [1.29, 1.82) is 0 Å². The van der Waals surface area contributed by atoms with Gasteiger partial charge in [-0.1, -0.05) is 11.2 Å². The van der Waals surface area contributed by atoms with E-state index >= 15 is 0 Å². The molecule has 2 aromatic carbocycles. The monoisotopic (exact) mass is 439 g/mol. The van der Waals surface area contributed by atoms with Gasteiger partial charge in [-0.2, -0.15) is 0 Å². The van der Waals surface area contributed by atoms with Crippen molar-refractivity contribution in [1.82, 2.24) is 10.1 Å². The average Bonchev–Trinajstić information content (AvgIpc) is 3.25. The number of carbonyl (C=O) groups is 1. The molecule has 1 aromatic heterocycles. The van der Waals surface area contributed by atoms with E-state index in [1.165, 1.54) is 19.2 Å². The molecule has 0 saturated carbocycles. The van der Waals surface area contributed by atoms with Crippen LogP contribution in [0, 0.1) is 11.7 Å². The van der Waals surface area contributed by atoms with Gasteiger partial charge < -0.3 is 18.9 Å². The number of aromatic nitrogens is 1. The van der Waals surface area contributed by atoms with Crippen LogP contribution in [0.15, 0.2) is 47.0 Å². The highest BCUT2D eigenvalue weighted by Gasteiger charge is 2.34. The fraction of sp³-hybridized carbons (Fsp3) is 0.417. The molecule has 0 spiro atoms. The lowest BCUT2D eigenvalue weighted by molar-refractivity contribution is 0.0599. The minimum absolute atomic E-state index is 0.279. The number of methoxy groups -OCH3 is 1. The number of piperazine rings is 1. The van der Waals surface area contributed by atoms with Crippen molar-refractivity contribution in [2.45, 2.75) is 18.9 Å². The van der Waals surface area contributed by atoms with E-state index in [9.17, 15) is 9.18 Å². The SMILES string of the molecule is COC(=O)c1cccc(OC[C@H]2CC[C@H]3CN(c4noc5ccc(F)cc45)CCN3C2)c1. The van der Waals surface area contributed by atoms with Gasteiger partial charge >= 0.3 is 5.97 Å². The van der Waals surface area contributed by atoms with Crippen LogP contribution in [0.3, 0.4) is 0 Å². The van der Waals surface area contributed by atoms with Crippen LogP contribution in [0.4, 0.5) is 10.2 Å². The third kappa shape index (κ3) is 4.14. The topological polar surface area (TPSA) is 68.0 Å². The lowest BCUT2D eigenvalue weighted by atomic mass is 9.91. The zero-order valence-electron chi connectivity index (χ0n) is 18.0. The summed E-state index contributed by atoms with van der Waals surface area (Å²) in [7, 11) is 1.37. The second kappa shape index (κ2) is 8.78. The summed E-state index contributed by atoms with van der Waals surface area (Å²) in [4.78, 5) is 16.4. The standard InChI is InChI=1S/C24H26FN3O4/c1-30-24(29)17-3-2-4-20(11-17)31-15-16-5-7-19-14-28(10-9-27(19)13-16)23-21-12-18(25)6-8-22(21)32-26-23/h2-4,6,8,11-12,16,19H,5,7,9-10,13-15H2,1H3/t16-,19-/m0/s1. The van der Waals surface area contributed by atoms with Crippen LogP contribution < -0.4 is 9.64 Å². The highest BCUT2D eigenvalue weighted by Crippen LogP contribution is 2.32. The largest absolute Gasteiger partial charge is 0.493 e. The second-order valence-electron chi connectivity index (χ2n) is 8.52. The molecule has 2 fully saturated rings. The zero-order chi connectivity index (χ0) is 22.1. The minimum atomic E-state index is -0.364. The number of esters is 1. The molecule has 3 aromatic rings. The molecule has 0 radical (unpaired) electrons. The number of fused-ring (bicyclic) bond motifs is 2. The van der Waals surface area contributed by atoms with Gasteiger partial charge in [0.05, 0.1) is 24.7 Å². The number of anilines is 1. The Hall–Kier alpha value is -3.13. The third-order valence-electron chi connectivity index (χ3n) is 6.46. The van der Waals surface area contributed by atoms with E-state index in [0.29, 0.717) is 35.5 Å². The Morgan fingerprint density at radius 1 is 1.19 bits per heavy atom. The van der Waals surface area contributed by atoms with Crippen molar-refractivity contribution in [3.63, 3.8) is 0 Å². The molecule has 7 nitrogen and oxygen atoms in total. The molecule has 5 rings (SSSR count). The first-order valence-corrected chi connectivity index (χ1v) is 11.0. The van der Waals surface area contributed by atoms with E-state index in [1.54, 1.807) is 24.3 Å². The first kappa shape index (κ1) is 20.8.